The lowest BCUT2D eigenvalue weighted by Crippen LogP contribution is -2.49. The monoisotopic (exact) mass is 470 g/mol. The van der Waals surface area contributed by atoms with E-state index in [4.69, 9.17) is 18.2 Å². The maximum absolute atomic E-state index is 9.85. The van der Waals surface area contributed by atoms with E-state index in [-0.39, 0.29) is 12.6 Å². The molecule has 1 saturated heterocycles. The van der Waals surface area contributed by atoms with Gasteiger partial charge in [0, 0.05) is 37.8 Å². The van der Waals surface area contributed by atoms with Crippen molar-refractivity contribution < 1.29 is 5.11 Å². The second kappa shape index (κ2) is 11.2. The van der Waals surface area contributed by atoms with Crippen molar-refractivity contribution in [3.8, 4) is 6.07 Å². The molecule has 0 bridgehead atoms. The Bertz CT molecular complexity index is 1200. The lowest BCUT2D eigenvalue weighted by molar-refractivity contribution is 0.226. The van der Waals surface area contributed by atoms with Crippen LogP contribution in [0.15, 0.2) is 66.7 Å². The van der Waals surface area contributed by atoms with Gasteiger partial charge in [-0.05, 0) is 53.8 Å². The highest BCUT2D eigenvalue weighted by Crippen LogP contribution is 2.34. The quantitative estimate of drug-likeness (QED) is 0.469. The molecule has 6 heteroatoms. The van der Waals surface area contributed by atoms with Gasteiger partial charge in [0.25, 0.3) is 0 Å². The topological polar surface area (TPSA) is 54.9 Å². The molecule has 5 nitrogen and oxygen atoms in total. The Balaban J connectivity index is 1.56. The molecule has 1 heterocycles. The second-order valence-corrected chi connectivity index (χ2v) is 8.96. The molecule has 1 atom stereocenters. The fourth-order valence-electron chi connectivity index (χ4n) is 4.53. The number of anilines is 1. The van der Waals surface area contributed by atoms with E-state index in [9.17, 15) is 10.4 Å². The van der Waals surface area contributed by atoms with Crippen LogP contribution in [0.5, 0.6) is 0 Å². The summed E-state index contributed by atoms with van der Waals surface area (Å²) in [4.78, 5) is 8.26. The highest BCUT2D eigenvalue weighted by atomic mass is 35.5. The second-order valence-electron chi connectivity index (χ2n) is 8.53. The molecular formula is C28H27ClN4O. The zero-order chi connectivity index (χ0) is 23.9. The number of nitrogens with zero attached hydrogens (tertiary/aromatic N) is 4. The van der Waals surface area contributed by atoms with Gasteiger partial charge in [0.2, 0.25) is 0 Å². The molecule has 1 aliphatic heterocycles. The summed E-state index contributed by atoms with van der Waals surface area (Å²) < 4.78 is 0. The van der Waals surface area contributed by atoms with Crippen LogP contribution in [-0.4, -0.2) is 42.8 Å². The number of nitriles is 1. The Morgan fingerprint density at radius 1 is 1.00 bits per heavy atom. The first-order valence-electron chi connectivity index (χ1n) is 11.5. The molecule has 172 valence electrons. The van der Waals surface area contributed by atoms with Crippen LogP contribution in [0, 0.1) is 17.9 Å². The van der Waals surface area contributed by atoms with Crippen molar-refractivity contribution in [2.24, 2.45) is 0 Å². The minimum atomic E-state index is 0.0664. The lowest BCUT2D eigenvalue weighted by Gasteiger charge is -2.43. The Hall–Kier alpha value is -3.35. The van der Waals surface area contributed by atoms with E-state index in [1.807, 2.05) is 54.6 Å². The minimum absolute atomic E-state index is 0.0664. The number of benzene rings is 3. The molecule has 4 rings (SSSR count). The zero-order valence-electron chi connectivity index (χ0n) is 19.0. The number of aliphatic hydroxyl groups excluding tert-OH is 1. The van der Waals surface area contributed by atoms with Gasteiger partial charge in [-0.3, -0.25) is 4.90 Å². The first-order chi connectivity index (χ1) is 16.6. The van der Waals surface area contributed by atoms with E-state index in [1.165, 1.54) is 11.1 Å². The van der Waals surface area contributed by atoms with Gasteiger partial charge in [-0.2, -0.15) is 5.26 Å². The molecule has 3 aromatic carbocycles. The predicted octanol–water partition coefficient (Wildman–Crippen LogP) is 5.40. The van der Waals surface area contributed by atoms with Crippen molar-refractivity contribution >= 4 is 23.0 Å². The Kier molecular flexibility index (Phi) is 7.83. The van der Waals surface area contributed by atoms with Crippen LogP contribution in [0.25, 0.3) is 4.85 Å². The van der Waals surface area contributed by atoms with Crippen molar-refractivity contribution in [3.05, 3.63) is 105 Å². The third kappa shape index (κ3) is 5.58. The van der Waals surface area contributed by atoms with Gasteiger partial charge in [-0.1, -0.05) is 54.1 Å². The molecule has 34 heavy (non-hydrogen) atoms. The van der Waals surface area contributed by atoms with E-state index >= 15 is 0 Å². The van der Waals surface area contributed by atoms with Crippen molar-refractivity contribution in [3.63, 3.8) is 0 Å². The molecule has 3 aromatic rings. The molecule has 1 aliphatic rings. The third-order valence-electron chi connectivity index (χ3n) is 6.39. The number of halogens is 1. The Morgan fingerprint density at radius 3 is 2.41 bits per heavy atom. The summed E-state index contributed by atoms with van der Waals surface area (Å²) in [5, 5.41) is 19.8. The maximum Gasteiger partial charge on any atom is 0.187 e. The molecule has 0 amide bonds. The predicted molar refractivity (Wildman–Crippen MR) is 136 cm³/mol. The van der Waals surface area contributed by atoms with E-state index in [2.05, 4.69) is 32.8 Å². The van der Waals surface area contributed by atoms with Crippen LogP contribution < -0.4 is 4.90 Å². The van der Waals surface area contributed by atoms with E-state index in [0.717, 1.165) is 43.9 Å². The molecule has 1 unspecified atom stereocenters. The van der Waals surface area contributed by atoms with Crippen molar-refractivity contribution in [2.45, 2.75) is 18.9 Å². The van der Waals surface area contributed by atoms with Crippen LogP contribution in [0.2, 0.25) is 5.02 Å². The largest absolute Gasteiger partial charge is 0.396 e. The summed E-state index contributed by atoms with van der Waals surface area (Å²) >= 11 is 6.16. The first kappa shape index (κ1) is 23.8. The van der Waals surface area contributed by atoms with Crippen LogP contribution in [0.4, 0.5) is 11.4 Å². The number of hydrogen-bond donors (Lipinski definition) is 1. The molecule has 1 N–H and O–H groups in total. The number of aliphatic hydroxyl groups is 1. The first-order valence-corrected chi connectivity index (χ1v) is 11.8. The van der Waals surface area contributed by atoms with E-state index < -0.39 is 0 Å². The molecule has 0 spiro atoms. The molecule has 0 aromatic heterocycles. The Labute approximate surface area is 206 Å². The summed E-state index contributed by atoms with van der Waals surface area (Å²) in [5.74, 6) is 0. The van der Waals surface area contributed by atoms with Crippen LogP contribution in [-0.2, 0) is 12.8 Å². The molecule has 0 aliphatic carbocycles. The van der Waals surface area contributed by atoms with Crippen LogP contribution in [0.3, 0.4) is 0 Å². The molecule has 1 fully saturated rings. The van der Waals surface area contributed by atoms with Gasteiger partial charge in [0.15, 0.2) is 5.69 Å². The summed E-state index contributed by atoms with van der Waals surface area (Å²) in [7, 11) is 0. The standard InChI is InChI=1S/C28H27ClN4O/c1-31-26-9-2-21(3-10-26)12-14-32-15-16-33(28(20-32)23-5-7-25(29)8-6-23)27-11-4-22(13-17-34)18-24(27)19-30/h2-11,18,28,34H,12-17,20H2. The average Bonchev–Trinajstić information content (AvgIpc) is 2.88. The smallest absolute Gasteiger partial charge is 0.187 e. The SMILES string of the molecule is [C-]#[N+]c1ccc(CCN2CCN(c3ccc(CCO)cc3C#N)C(c3ccc(Cl)cc3)C2)cc1. The third-order valence-corrected chi connectivity index (χ3v) is 6.64. The molecule has 0 radical (unpaired) electrons. The molecule has 0 saturated carbocycles. The van der Waals surface area contributed by atoms with Crippen molar-refractivity contribution in [1.82, 2.24) is 4.90 Å². The summed E-state index contributed by atoms with van der Waals surface area (Å²) in [6.07, 6.45) is 1.46. The minimum Gasteiger partial charge on any atom is -0.396 e. The molecular weight excluding hydrogens is 444 g/mol. The van der Waals surface area contributed by atoms with Gasteiger partial charge in [-0.25, -0.2) is 4.85 Å². The van der Waals surface area contributed by atoms with Crippen molar-refractivity contribution in [1.29, 1.82) is 5.26 Å². The van der Waals surface area contributed by atoms with Gasteiger partial charge >= 0.3 is 0 Å². The highest BCUT2D eigenvalue weighted by Gasteiger charge is 2.29. The average molecular weight is 471 g/mol. The fraction of sp³-hybridized carbons (Fsp3) is 0.286. The summed E-state index contributed by atoms with van der Waals surface area (Å²) in [5.41, 5.74) is 5.59. The van der Waals surface area contributed by atoms with Gasteiger partial charge < -0.3 is 10.0 Å². The maximum atomic E-state index is 9.85. The fourth-order valence-corrected chi connectivity index (χ4v) is 4.66. The number of rotatable bonds is 7. The van der Waals surface area contributed by atoms with Crippen molar-refractivity contribution in [2.75, 3.05) is 37.7 Å². The highest BCUT2D eigenvalue weighted by molar-refractivity contribution is 6.30. The van der Waals surface area contributed by atoms with Crippen LogP contribution in [0.1, 0.15) is 28.3 Å². The van der Waals surface area contributed by atoms with E-state index in [0.29, 0.717) is 22.7 Å². The van der Waals surface area contributed by atoms with E-state index in [1.54, 1.807) is 0 Å². The lowest BCUT2D eigenvalue weighted by atomic mass is 9.98. The van der Waals surface area contributed by atoms with Gasteiger partial charge in [-0.15, -0.1) is 0 Å². The Morgan fingerprint density at radius 2 is 1.74 bits per heavy atom. The zero-order valence-corrected chi connectivity index (χ0v) is 19.7. The normalized spacial score (nSPS) is 16.1. The van der Waals surface area contributed by atoms with Crippen LogP contribution >= 0.6 is 11.6 Å². The number of hydrogen-bond acceptors (Lipinski definition) is 4. The summed E-state index contributed by atoms with van der Waals surface area (Å²) in [6, 6.07) is 24.2. The summed E-state index contributed by atoms with van der Waals surface area (Å²) in [6.45, 7) is 10.6. The van der Waals surface area contributed by atoms with Gasteiger partial charge in [0.05, 0.1) is 23.9 Å². The van der Waals surface area contributed by atoms with Gasteiger partial charge in [0.1, 0.15) is 6.07 Å². The number of piperazine rings is 1.